The van der Waals surface area contributed by atoms with Crippen LogP contribution in [0.1, 0.15) is 22.3 Å². The van der Waals surface area contributed by atoms with E-state index in [0.29, 0.717) is 11.3 Å². The maximum Gasteiger partial charge on any atom is 0.350 e. The Bertz CT molecular complexity index is 806. The molecule has 132 valence electrons. The molecular formula is C17H18N2O6. The van der Waals surface area contributed by atoms with Crippen LogP contribution in [0.2, 0.25) is 0 Å². The zero-order valence-corrected chi connectivity index (χ0v) is 13.2. The molecule has 1 saturated heterocycles. The minimum Gasteiger partial charge on any atom is -0.394 e. The summed E-state index contributed by atoms with van der Waals surface area (Å²) in [5, 5.41) is 28.8. The summed E-state index contributed by atoms with van der Waals surface area (Å²) >= 11 is 0. The summed E-state index contributed by atoms with van der Waals surface area (Å²) in [6, 6.07) is 10.2. The van der Waals surface area contributed by atoms with Gasteiger partial charge in [-0.05, 0) is 6.07 Å². The average Bonchev–Trinajstić information content (AvgIpc) is 2.91. The maximum atomic E-state index is 12.2. The van der Waals surface area contributed by atoms with Crippen molar-refractivity contribution in [2.45, 2.75) is 31.0 Å². The van der Waals surface area contributed by atoms with Crippen LogP contribution in [0.3, 0.4) is 0 Å². The number of hydrogen-bond acceptors (Lipinski definition) is 7. The number of Topliss-reactive ketones (excluding diaryl/α,β-unsaturated/α-hetero) is 1. The van der Waals surface area contributed by atoms with Crippen molar-refractivity contribution in [3.05, 3.63) is 64.3 Å². The molecular weight excluding hydrogens is 328 g/mol. The Balaban J connectivity index is 1.78. The van der Waals surface area contributed by atoms with E-state index in [0.717, 1.165) is 4.57 Å². The van der Waals surface area contributed by atoms with E-state index in [1.165, 1.54) is 12.3 Å². The first kappa shape index (κ1) is 17.4. The summed E-state index contributed by atoms with van der Waals surface area (Å²) in [7, 11) is 0. The molecule has 0 amide bonds. The quantitative estimate of drug-likeness (QED) is 0.611. The van der Waals surface area contributed by atoms with Gasteiger partial charge in [0.05, 0.1) is 18.7 Å². The topological polar surface area (TPSA) is 122 Å². The lowest BCUT2D eigenvalue weighted by Gasteiger charge is -2.17. The van der Waals surface area contributed by atoms with Crippen LogP contribution in [0.25, 0.3) is 0 Å². The molecule has 1 fully saturated rings. The summed E-state index contributed by atoms with van der Waals surface area (Å²) in [5.74, 6) is -0.168. The second-order valence-electron chi connectivity index (χ2n) is 5.80. The number of ether oxygens (including phenoxy) is 1. The number of carbonyl (C=O) groups excluding carboxylic acids is 1. The number of nitrogens with zero attached hydrogens (tertiary/aromatic N) is 2. The van der Waals surface area contributed by atoms with Crippen LogP contribution in [0.4, 0.5) is 0 Å². The molecule has 0 aliphatic carbocycles. The first-order chi connectivity index (χ1) is 12.0. The fourth-order valence-electron chi connectivity index (χ4n) is 2.74. The third kappa shape index (κ3) is 3.52. The minimum atomic E-state index is -1.37. The smallest absolute Gasteiger partial charge is 0.350 e. The number of aliphatic hydroxyl groups excluding tert-OH is 3. The van der Waals surface area contributed by atoms with E-state index in [4.69, 9.17) is 9.84 Å². The van der Waals surface area contributed by atoms with Crippen LogP contribution < -0.4 is 5.69 Å². The number of hydrogen-bond donors (Lipinski definition) is 3. The highest BCUT2D eigenvalue weighted by molar-refractivity contribution is 5.97. The van der Waals surface area contributed by atoms with Gasteiger partial charge in [0.15, 0.2) is 12.0 Å². The zero-order chi connectivity index (χ0) is 18.0. The first-order valence-corrected chi connectivity index (χ1v) is 7.80. The van der Waals surface area contributed by atoms with Gasteiger partial charge in [0.25, 0.3) is 0 Å². The largest absolute Gasteiger partial charge is 0.394 e. The number of aliphatic hydroxyl groups is 3. The zero-order valence-electron chi connectivity index (χ0n) is 13.2. The number of benzene rings is 1. The van der Waals surface area contributed by atoms with Gasteiger partial charge in [-0.15, -0.1) is 0 Å². The van der Waals surface area contributed by atoms with Gasteiger partial charge in [-0.25, -0.2) is 4.79 Å². The molecule has 3 N–H and O–H groups in total. The fourth-order valence-corrected chi connectivity index (χ4v) is 2.74. The normalized spacial score (nSPS) is 25.9. The second kappa shape index (κ2) is 7.24. The Hall–Kier alpha value is -2.39. The van der Waals surface area contributed by atoms with Crippen molar-refractivity contribution >= 4 is 5.78 Å². The maximum absolute atomic E-state index is 12.2. The third-order valence-corrected chi connectivity index (χ3v) is 4.12. The molecule has 1 aromatic carbocycles. The lowest BCUT2D eigenvalue weighted by molar-refractivity contribution is -0.0550. The lowest BCUT2D eigenvalue weighted by atomic mass is 10.1. The van der Waals surface area contributed by atoms with Crippen LogP contribution in [0, 0.1) is 0 Å². The third-order valence-electron chi connectivity index (χ3n) is 4.12. The van der Waals surface area contributed by atoms with Gasteiger partial charge < -0.3 is 20.1 Å². The Morgan fingerprint density at radius 1 is 1.16 bits per heavy atom. The Morgan fingerprint density at radius 2 is 1.88 bits per heavy atom. The number of aromatic nitrogens is 2. The van der Waals surface area contributed by atoms with E-state index in [9.17, 15) is 19.8 Å². The predicted octanol–water partition coefficient (Wildman–Crippen LogP) is -0.720. The molecule has 2 heterocycles. The molecule has 1 aromatic heterocycles. The van der Waals surface area contributed by atoms with E-state index in [2.05, 4.69) is 4.98 Å². The van der Waals surface area contributed by atoms with E-state index in [-0.39, 0.29) is 12.2 Å². The molecule has 0 saturated carbocycles. The monoisotopic (exact) mass is 346 g/mol. The van der Waals surface area contributed by atoms with Crippen molar-refractivity contribution in [1.29, 1.82) is 0 Å². The van der Waals surface area contributed by atoms with Gasteiger partial charge in [0, 0.05) is 11.8 Å². The van der Waals surface area contributed by atoms with Crippen molar-refractivity contribution in [1.82, 2.24) is 9.55 Å². The van der Waals surface area contributed by atoms with Crippen LogP contribution in [-0.2, 0) is 11.2 Å². The molecule has 0 spiro atoms. The van der Waals surface area contributed by atoms with Crippen molar-refractivity contribution in [3.8, 4) is 0 Å². The molecule has 2 aromatic rings. The standard InChI is InChI=1S/C17H18N2O6/c20-9-13-14(22)15(23)16(25-13)19-7-6-11(18-17(19)24)8-12(21)10-4-2-1-3-5-10/h1-7,13-16,20,22-23H,8-9H2/t13-,14-,15-,16?/m1/s1. The van der Waals surface area contributed by atoms with Gasteiger partial charge >= 0.3 is 5.69 Å². The van der Waals surface area contributed by atoms with Gasteiger partial charge in [-0.2, -0.15) is 4.98 Å². The van der Waals surface area contributed by atoms with Crippen LogP contribution >= 0.6 is 0 Å². The van der Waals surface area contributed by atoms with Gasteiger partial charge in [-0.1, -0.05) is 30.3 Å². The van der Waals surface area contributed by atoms with Crippen LogP contribution in [0.15, 0.2) is 47.4 Å². The molecule has 0 radical (unpaired) electrons. The lowest BCUT2D eigenvalue weighted by Crippen LogP contribution is -2.36. The average molecular weight is 346 g/mol. The Morgan fingerprint density at radius 3 is 2.48 bits per heavy atom. The molecule has 8 heteroatoms. The minimum absolute atomic E-state index is 0.0317. The van der Waals surface area contributed by atoms with Crippen molar-refractivity contribution < 1.29 is 24.9 Å². The van der Waals surface area contributed by atoms with E-state index < -0.39 is 36.8 Å². The first-order valence-electron chi connectivity index (χ1n) is 7.80. The highest BCUT2D eigenvalue weighted by Gasteiger charge is 2.43. The Labute approximate surface area is 143 Å². The summed E-state index contributed by atoms with van der Waals surface area (Å²) in [6.45, 7) is -0.486. The summed E-state index contributed by atoms with van der Waals surface area (Å²) in [6.07, 6.45) is -3.48. The molecule has 4 atom stereocenters. The van der Waals surface area contributed by atoms with Crippen LogP contribution in [-0.4, -0.2) is 55.6 Å². The highest BCUT2D eigenvalue weighted by atomic mass is 16.6. The molecule has 8 nitrogen and oxygen atoms in total. The van der Waals surface area contributed by atoms with Gasteiger partial charge in [0.2, 0.25) is 0 Å². The van der Waals surface area contributed by atoms with E-state index >= 15 is 0 Å². The number of rotatable bonds is 5. The summed E-state index contributed by atoms with van der Waals surface area (Å²) < 4.78 is 6.33. The fraction of sp³-hybridized carbons (Fsp3) is 0.353. The van der Waals surface area contributed by atoms with Crippen molar-refractivity contribution in [2.24, 2.45) is 0 Å². The van der Waals surface area contributed by atoms with Gasteiger partial charge in [0.1, 0.15) is 18.3 Å². The molecule has 0 bridgehead atoms. The molecule has 1 aliphatic rings. The number of ketones is 1. The predicted molar refractivity (Wildman–Crippen MR) is 86.0 cm³/mol. The summed E-state index contributed by atoms with van der Waals surface area (Å²) in [5.41, 5.74) is 0.104. The van der Waals surface area contributed by atoms with Crippen molar-refractivity contribution in [2.75, 3.05) is 6.61 Å². The van der Waals surface area contributed by atoms with E-state index in [1.807, 2.05) is 0 Å². The van der Waals surface area contributed by atoms with Gasteiger partial charge in [-0.3, -0.25) is 9.36 Å². The molecule has 25 heavy (non-hydrogen) atoms. The SMILES string of the molecule is O=C(Cc1ccn(C2O[C@H](CO)[C@@H](O)[C@H]2O)c(=O)n1)c1ccccc1. The Kier molecular flexibility index (Phi) is 5.05. The summed E-state index contributed by atoms with van der Waals surface area (Å²) in [4.78, 5) is 28.2. The van der Waals surface area contributed by atoms with E-state index in [1.54, 1.807) is 30.3 Å². The molecule has 1 unspecified atom stereocenters. The van der Waals surface area contributed by atoms with Crippen molar-refractivity contribution in [3.63, 3.8) is 0 Å². The van der Waals surface area contributed by atoms with Crippen LogP contribution in [0.5, 0.6) is 0 Å². The highest BCUT2D eigenvalue weighted by Crippen LogP contribution is 2.27. The molecule has 1 aliphatic heterocycles. The molecule has 3 rings (SSSR count). The number of carbonyl (C=O) groups is 1. The second-order valence-corrected chi connectivity index (χ2v) is 5.80.